The Morgan fingerprint density at radius 3 is 2.50 bits per heavy atom. The Morgan fingerprint density at radius 1 is 1.50 bits per heavy atom. The molecule has 1 saturated carbocycles. The fourth-order valence-electron chi connectivity index (χ4n) is 1.36. The second-order valence-corrected chi connectivity index (χ2v) is 2.75. The molecule has 1 atom stereocenters. The van der Waals surface area contributed by atoms with Gasteiger partial charge in [-0.15, -0.1) is 0 Å². The number of allylic oxidation sites excluding steroid dienone is 1. The Morgan fingerprint density at radius 2 is 2.08 bits per heavy atom. The highest BCUT2D eigenvalue weighted by molar-refractivity contribution is 5.32. The van der Waals surface area contributed by atoms with E-state index in [4.69, 9.17) is 0 Å². The van der Waals surface area contributed by atoms with Crippen LogP contribution in [0.15, 0.2) is 23.8 Å². The predicted molar refractivity (Wildman–Crippen MR) is 54.1 cm³/mol. The van der Waals surface area contributed by atoms with Gasteiger partial charge in [0.1, 0.15) is 0 Å². The van der Waals surface area contributed by atoms with E-state index in [0.29, 0.717) is 0 Å². The lowest BCUT2D eigenvalue weighted by atomic mass is 9.88. The molecule has 0 unspecified atom stereocenters. The van der Waals surface area contributed by atoms with Crippen LogP contribution in [0.25, 0.3) is 0 Å². The molecule has 1 rings (SSSR count). The molecule has 0 spiro atoms. The molecule has 0 amide bonds. The topological polar surface area (TPSA) is 20.2 Å². The molecule has 0 aromatic rings. The molecule has 1 N–H and O–H groups in total. The highest BCUT2D eigenvalue weighted by Gasteiger charge is 2.17. The van der Waals surface area contributed by atoms with Crippen molar-refractivity contribution in [1.82, 2.24) is 0 Å². The Kier molecular flexibility index (Phi) is 5.73. The first kappa shape index (κ1) is 11.4. The summed E-state index contributed by atoms with van der Waals surface area (Å²) in [5.41, 5.74) is 2.16. The second kappa shape index (κ2) is 6.01. The molecule has 1 nitrogen and oxygen atoms in total. The van der Waals surface area contributed by atoms with E-state index in [1.165, 1.54) is 5.57 Å². The summed E-state index contributed by atoms with van der Waals surface area (Å²) >= 11 is 0. The Labute approximate surface area is 75.8 Å². The summed E-state index contributed by atoms with van der Waals surface area (Å²) in [5.74, 6) is 0. The van der Waals surface area contributed by atoms with E-state index < -0.39 is 0 Å². The second-order valence-electron chi connectivity index (χ2n) is 2.75. The molecular weight excluding hydrogens is 148 g/mol. The molecule has 1 heteroatoms. The van der Waals surface area contributed by atoms with Crippen LogP contribution in [0.5, 0.6) is 0 Å². The number of hydrogen-bond donors (Lipinski definition) is 1. The maximum Gasteiger partial charge on any atom is 0.0787 e. The maximum absolute atomic E-state index is 9.34. The van der Waals surface area contributed by atoms with Crippen molar-refractivity contribution >= 4 is 0 Å². The highest BCUT2D eigenvalue weighted by Crippen LogP contribution is 2.27. The number of aliphatic hydroxyl groups excluding tert-OH is 1. The van der Waals surface area contributed by atoms with Gasteiger partial charge in [0, 0.05) is 0 Å². The third-order valence-electron chi connectivity index (χ3n) is 2.09. The van der Waals surface area contributed by atoms with Crippen molar-refractivity contribution in [3.05, 3.63) is 23.8 Å². The van der Waals surface area contributed by atoms with Crippen LogP contribution in [0.4, 0.5) is 0 Å². The lowest BCUT2D eigenvalue weighted by Crippen LogP contribution is -2.15. The van der Waals surface area contributed by atoms with Crippen molar-refractivity contribution in [1.29, 1.82) is 0 Å². The van der Waals surface area contributed by atoms with E-state index >= 15 is 0 Å². The van der Waals surface area contributed by atoms with E-state index in [-0.39, 0.29) is 6.10 Å². The standard InChI is InChI=1S/C9H14O.C2H6/c1-3-8-5-4-6-9(10)7(8)2;1-2/h3,9-10H,2,4-6H2,1H3;1-2H3/b8-3-;/t9-;/m0./s1. The van der Waals surface area contributed by atoms with Gasteiger partial charge in [-0.2, -0.15) is 0 Å². The molecular formula is C11H20O. The fourth-order valence-corrected chi connectivity index (χ4v) is 1.36. The van der Waals surface area contributed by atoms with Crippen LogP contribution in [-0.4, -0.2) is 11.2 Å². The zero-order valence-corrected chi connectivity index (χ0v) is 8.43. The monoisotopic (exact) mass is 168 g/mol. The van der Waals surface area contributed by atoms with Crippen LogP contribution in [0, 0.1) is 0 Å². The minimum atomic E-state index is -0.278. The number of hydrogen-bond acceptors (Lipinski definition) is 1. The average Bonchev–Trinajstić information content (AvgIpc) is 2.13. The van der Waals surface area contributed by atoms with Crippen LogP contribution in [0.1, 0.15) is 40.0 Å². The van der Waals surface area contributed by atoms with Crippen LogP contribution >= 0.6 is 0 Å². The van der Waals surface area contributed by atoms with E-state index in [1.807, 2.05) is 26.8 Å². The minimum Gasteiger partial charge on any atom is -0.388 e. The zero-order valence-electron chi connectivity index (χ0n) is 8.43. The summed E-state index contributed by atoms with van der Waals surface area (Å²) in [6, 6.07) is 0. The summed E-state index contributed by atoms with van der Waals surface area (Å²) in [4.78, 5) is 0. The van der Waals surface area contributed by atoms with Crippen molar-refractivity contribution in [2.75, 3.05) is 0 Å². The number of aliphatic hydroxyl groups is 1. The normalized spacial score (nSPS) is 26.5. The van der Waals surface area contributed by atoms with Crippen molar-refractivity contribution in [3.8, 4) is 0 Å². The van der Waals surface area contributed by atoms with Crippen molar-refractivity contribution in [3.63, 3.8) is 0 Å². The first-order chi connectivity index (χ1) is 5.75. The predicted octanol–water partition coefficient (Wildman–Crippen LogP) is 3.06. The number of rotatable bonds is 0. The summed E-state index contributed by atoms with van der Waals surface area (Å²) in [6.07, 6.45) is 4.84. The first-order valence-corrected chi connectivity index (χ1v) is 4.78. The Hall–Kier alpha value is -0.560. The lowest BCUT2D eigenvalue weighted by molar-refractivity contribution is 0.191. The van der Waals surface area contributed by atoms with Gasteiger partial charge >= 0.3 is 0 Å². The van der Waals surface area contributed by atoms with Gasteiger partial charge in [0.15, 0.2) is 0 Å². The highest BCUT2D eigenvalue weighted by atomic mass is 16.3. The minimum absolute atomic E-state index is 0.278. The van der Waals surface area contributed by atoms with Crippen LogP contribution in [-0.2, 0) is 0 Å². The van der Waals surface area contributed by atoms with Crippen molar-refractivity contribution in [2.24, 2.45) is 0 Å². The molecule has 0 bridgehead atoms. The zero-order chi connectivity index (χ0) is 9.56. The van der Waals surface area contributed by atoms with Gasteiger partial charge in [-0.3, -0.25) is 0 Å². The molecule has 70 valence electrons. The quantitative estimate of drug-likeness (QED) is 0.589. The largest absolute Gasteiger partial charge is 0.388 e. The van der Waals surface area contributed by atoms with Gasteiger partial charge in [0.2, 0.25) is 0 Å². The van der Waals surface area contributed by atoms with E-state index in [0.717, 1.165) is 24.8 Å². The molecule has 0 heterocycles. The summed E-state index contributed by atoms with van der Waals surface area (Å²) in [7, 11) is 0. The smallest absolute Gasteiger partial charge is 0.0787 e. The van der Waals surface area contributed by atoms with Gasteiger partial charge in [-0.05, 0) is 37.3 Å². The van der Waals surface area contributed by atoms with Crippen LogP contribution in [0.2, 0.25) is 0 Å². The van der Waals surface area contributed by atoms with E-state index in [1.54, 1.807) is 0 Å². The molecule has 0 aromatic carbocycles. The van der Waals surface area contributed by atoms with Gasteiger partial charge < -0.3 is 5.11 Å². The Balaban J connectivity index is 0.000000561. The molecule has 0 radical (unpaired) electrons. The molecule has 0 aliphatic heterocycles. The average molecular weight is 168 g/mol. The van der Waals surface area contributed by atoms with E-state index in [9.17, 15) is 5.11 Å². The van der Waals surface area contributed by atoms with Gasteiger partial charge in [-0.25, -0.2) is 0 Å². The van der Waals surface area contributed by atoms with Gasteiger partial charge in [-0.1, -0.05) is 26.5 Å². The molecule has 0 aromatic heterocycles. The van der Waals surface area contributed by atoms with Crippen LogP contribution < -0.4 is 0 Å². The third kappa shape index (κ3) is 2.82. The molecule has 12 heavy (non-hydrogen) atoms. The summed E-state index contributed by atoms with van der Waals surface area (Å²) < 4.78 is 0. The molecule has 1 aliphatic rings. The molecule has 1 fully saturated rings. The maximum atomic E-state index is 9.34. The third-order valence-corrected chi connectivity index (χ3v) is 2.09. The van der Waals surface area contributed by atoms with Crippen molar-refractivity contribution in [2.45, 2.75) is 46.1 Å². The summed E-state index contributed by atoms with van der Waals surface area (Å²) in [5, 5.41) is 9.34. The van der Waals surface area contributed by atoms with E-state index in [2.05, 4.69) is 6.58 Å². The Bertz CT molecular complexity index is 168. The van der Waals surface area contributed by atoms with Crippen LogP contribution in [0.3, 0.4) is 0 Å². The lowest BCUT2D eigenvalue weighted by Gasteiger charge is -2.22. The van der Waals surface area contributed by atoms with Gasteiger partial charge in [0.05, 0.1) is 6.10 Å². The molecule has 0 saturated heterocycles. The first-order valence-electron chi connectivity index (χ1n) is 4.78. The van der Waals surface area contributed by atoms with Gasteiger partial charge in [0.25, 0.3) is 0 Å². The fraction of sp³-hybridized carbons (Fsp3) is 0.636. The molecule has 1 aliphatic carbocycles. The summed E-state index contributed by atoms with van der Waals surface area (Å²) in [6.45, 7) is 9.83. The SMILES string of the molecule is C=C1/C(=C\C)CCC[C@@H]1O.CC. The van der Waals surface area contributed by atoms with Crippen molar-refractivity contribution < 1.29 is 5.11 Å².